The maximum Gasteiger partial charge on any atom is 0.258 e. The first-order valence-corrected chi connectivity index (χ1v) is 6.05. The maximum absolute atomic E-state index is 12.9. The van der Waals surface area contributed by atoms with Crippen molar-refractivity contribution in [1.82, 2.24) is 9.97 Å². The molecule has 1 aromatic carbocycles. The Hall–Kier alpha value is -1.43. The van der Waals surface area contributed by atoms with E-state index in [1.165, 1.54) is 6.07 Å². The van der Waals surface area contributed by atoms with Gasteiger partial charge in [0.15, 0.2) is 11.0 Å². The molecular formula is C11H5Cl3FN3O. The number of hydrogen-bond donors (Lipinski definition) is 1. The molecule has 19 heavy (non-hydrogen) atoms. The number of hydrogen-bond acceptors (Lipinski definition) is 3. The van der Waals surface area contributed by atoms with Gasteiger partial charge in [0.25, 0.3) is 5.91 Å². The molecule has 1 amide bonds. The lowest BCUT2D eigenvalue weighted by atomic mass is 10.2. The average Bonchev–Trinajstić information content (AvgIpc) is 2.34. The van der Waals surface area contributed by atoms with Gasteiger partial charge in [0, 0.05) is 0 Å². The molecule has 0 saturated carbocycles. The first-order chi connectivity index (χ1) is 8.99. The van der Waals surface area contributed by atoms with Crippen LogP contribution in [0.1, 0.15) is 10.4 Å². The lowest BCUT2D eigenvalue weighted by Gasteiger charge is -2.07. The minimum atomic E-state index is -0.582. The van der Waals surface area contributed by atoms with Crippen LogP contribution in [-0.4, -0.2) is 15.9 Å². The van der Waals surface area contributed by atoms with Gasteiger partial charge < -0.3 is 5.32 Å². The zero-order valence-corrected chi connectivity index (χ0v) is 11.4. The van der Waals surface area contributed by atoms with Gasteiger partial charge in [-0.1, -0.05) is 34.8 Å². The molecule has 2 aromatic rings. The smallest absolute Gasteiger partial charge is 0.258 e. The van der Waals surface area contributed by atoms with Gasteiger partial charge in [-0.15, -0.1) is 0 Å². The van der Waals surface area contributed by atoms with Crippen molar-refractivity contribution in [3.63, 3.8) is 0 Å². The van der Waals surface area contributed by atoms with Crippen molar-refractivity contribution in [2.75, 3.05) is 5.32 Å². The molecule has 1 aromatic heterocycles. The van der Waals surface area contributed by atoms with Crippen molar-refractivity contribution in [1.29, 1.82) is 0 Å². The number of halogens is 4. The summed E-state index contributed by atoms with van der Waals surface area (Å²) >= 11 is 17.3. The molecule has 1 N–H and O–H groups in total. The quantitative estimate of drug-likeness (QED) is 0.856. The van der Waals surface area contributed by atoms with Crippen molar-refractivity contribution in [2.45, 2.75) is 0 Å². The summed E-state index contributed by atoms with van der Waals surface area (Å²) < 4.78 is 12.9. The zero-order valence-electron chi connectivity index (χ0n) is 9.12. The molecule has 2 rings (SSSR count). The van der Waals surface area contributed by atoms with Gasteiger partial charge in [-0.05, 0) is 18.2 Å². The second-order valence-electron chi connectivity index (χ2n) is 3.41. The predicted octanol–water partition coefficient (Wildman–Crippen LogP) is 3.83. The van der Waals surface area contributed by atoms with E-state index in [1.807, 2.05) is 0 Å². The molecule has 0 aliphatic rings. The van der Waals surface area contributed by atoms with Gasteiger partial charge >= 0.3 is 0 Å². The molecule has 8 heteroatoms. The van der Waals surface area contributed by atoms with Gasteiger partial charge in [-0.3, -0.25) is 4.79 Å². The Balaban J connectivity index is 2.28. The van der Waals surface area contributed by atoms with E-state index < -0.39 is 11.7 Å². The highest BCUT2D eigenvalue weighted by molar-refractivity contribution is 6.43. The zero-order chi connectivity index (χ0) is 14.0. The van der Waals surface area contributed by atoms with Crippen LogP contribution in [0.15, 0.2) is 24.5 Å². The minimum absolute atomic E-state index is 0.00995. The third kappa shape index (κ3) is 3.12. The second-order valence-corrected chi connectivity index (χ2v) is 4.55. The fourth-order valence-corrected chi connectivity index (χ4v) is 1.82. The molecule has 0 unspecified atom stereocenters. The molecule has 0 aliphatic heterocycles. The van der Waals surface area contributed by atoms with E-state index in [0.717, 1.165) is 18.5 Å². The van der Waals surface area contributed by atoms with E-state index in [4.69, 9.17) is 34.8 Å². The van der Waals surface area contributed by atoms with E-state index >= 15 is 0 Å². The van der Waals surface area contributed by atoms with E-state index in [-0.39, 0.29) is 26.6 Å². The van der Waals surface area contributed by atoms with E-state index in [9.17, 15) is 9.18 Å². The summed E-state index contributed by atoms with van der Waals surface area (Å²) in [5.74, 6) is -1.07. The Morgan fingerprint density at radius 2 is 1.95 bits per heavy atom. The summed E-state index contributed by atoms with van der Waals surface area (Å²) in [7, 11) is 0. The molecule has 0 saturated heterocycles. The van der Waals surface area contributed by atoms with Crippen molar-refractivity contribution in [3.8, 4) is 0 Å². The number of nitrogens with zero attached hydrogens (tertiary/aromatic N) is 2. The van der Waals surface area contributed by atoms with Crippen molar-refractivity contribution < 1.29 is 9.18 Å². The molecule has 0 atom stereocenters. The van der Waals surface area contributed by atoms with Crippen molar-refractivity contribution in [3.05, 3.63) is 51.1 Å². The Kier molecular flexibility index (Phi) is 4.19. The molecule has 0 radical (unpaired) electrons. The van der Waals surface area contributed by atoms with Gasteiger partial charge in [0.2, 0.25) is 0 Å². The van der Waals surface area contributed by atoms with Crippen LogP contribution in [0.3, 0.4) is 0 Å². The molecule has 98 valence electrons. The molecule has 0 aliphatic carbocycles. The molecule has 0 fully saturated rings. The topological polar surface area (TPSA) is 54.9 Å². The van der Waals surface area contributed by atoms with Gasteiger partial charge in [0.05, 0.1) is 10.6 Å². The van der Waals surface area contributed by atoms with Crippen LogP contribution in [0.25, 0.3) is 0 Å². The standard InChI is InChI=1S/C11H5Cl3FN3O/c12-7-3-5(15)1-2-6(7)11(19)18-10-8(13)9(14)16-4-17-10/h1-4H,(H,16,17,18,19). The molecule has 4 nitrogen and oxygen atoms in total. The lowest BCUT2D eigenvalue weighted by molar-refractivity contribution is 0.102. The number of anilines is 1. The molecular weight excluding hydrogens is 315 g/mol. The highest BCUT2D eigenvalue weighted by Gasteiger charge is 2.15. The predicted molar refractivity (Wildman–Crippen MR) is 71.4 cm³/mol. The first-order valence-electron chi connectivity index (χ1n) is 4.91. The summed E-state index contributed by atoms with van der Waals surface area (Å²) in [6.45, 7) is 0. The van der Waals surface area contributed by atoms with Crippen LogP contribution in [0, 0.1) is 5.82 Å². The third-order valence-electron chi connectivity index (χ3n) is 2.15. The molecule has 0 spiro atoms. The summed E-state index contributed by atoms with van der Waals surface area (Å²) in [5, 5.41) is 2.42. The maximum atomic E-state index is 12.9. The van der Waals surface area contributed by atoms with E-state index in [0.29, 0.717) is 0 Å². The van der Waals surface area contributed by atoms with Crippen LogP contribution < -0.4 is 5.32 Å². The minimum Gasteiger partial charge on any atom is -0.305 e. The van der Waals surface area contributed by atoms with E-state index in [2.05, 4.69) is 15.3 Å². The average molecular weight is 321 g/mol. The van der Waals surface area contributed by atoms with Crippen LogP contribution >= 0.6 is 34.8 Å². The number of amides is 1. The monoisotopic (exact) mass is 319 g/mol. The van der Waals surface area contributed by atoms with Crippen LogP contribution in [0.2, 0.25) is 15.2 Å². The summed E-state index contributed by atoms with van der Waals surface area (Å²) in [5.41, 5.74) is 0.0915. The number of rotatable bonds is 2. The summed E-state index contributed by atoms with van der Waals surface area (Å²) in [6, 6.07) is 3.41. The third-order valence-corrected chi connectivity index (χ3v) is 3.21. The number of nitrogens with one attached hydrogen (secondary N) is 1. The van der Waals surface area contributed by atoms with Gasteiger partial charge in [0.1, 0.15) is 17.2 Å². The Morgan fingerprint density at radius 1 is 1.21 bits per heavy atom. The fraction of sp³-hybridized carbons (Fsp3) is 0. The number of carbonyl (C=O) groups is 1. The van der Waals surface area contributed by atoms with Crippen LogP contribution in [-0.2, 0) is 0 Å². The summed E-state index contributed by atoms with van der Waals surface area (Å²) in [4.78, 5) is 19.3. The van der Waals surface area contributed by atoms with Crippen LogP contribution in [0.4, 0.5) is 10.2 Å². The SMILES string of the molecule is O=C(Nc1ncnc(Cl)c1Cl)c1ccc(F)cc1Cl. The highest BCUT2D eigenvalue weighted by atomic mass is 35.5. The largest absolute Gasteiger partial charge is 0.305 e. The first kappa shape index (κ1) is 14.0. The second kappa shape index (κ2) is 5.69. The Morgan fingerprint density at radius 3 is 2.63 bits per heavy atom. The van der Waals surface area contributed by atoms with Crippen molar-refractivity contribution in [2.24, 2.45) is 0 Å². The Bertz CT molecular complexity index is 651. The summed E-state index contributed by atoms with van der Waals surface area (Å²) in [6.07, 6.45) is 1.15. The normalized spacial score (nSPS) is 10.3. The fourth-order valence-electron chi connectivity index (χ4n) is 1.28. The number of carbonyl (C=O) groups excluding carboxylic acids is 1. The van der Waals surface area contributed by atoms with E-state index in [1.54, 1.807) is 0 Å². The van der Waals surface area contributed by atoms with Crippen LogP contribution in [0.5, 0.6) is 0 Å². The lowest BCUT2D eigenvalue weighted by Crippen LogP contribution is -2.14. The van der Waals surface area contributed by atoms with Gasteiger partial charge in [-0.25, -0.2) is 14.4 Å². The number of aromatic nitrogens is 2. The Labute approximate surface area is 122 Å². The number of benzene rings is 1. The highest BCUT2D eigenvalue weighted by Crippen LogP contribution is 2.26. The van der Waals surface area contributed by atoms with Crippen molar-refractivity contribution >= 4 is 46.5 Å². The molecule has 1 heterocycles. The van der Waals surface area contributed by atoms with Gasteiger partial charge in [-0.2, -0.15) is 0 Å². The molecule has 0 bridgehead atoms.